The van der Waals surface area contributed by atoms with Crippen molar-refractivity contribution in [3.63, 3.8) is 0 Å². The van der Waals surface area contributed by atoms with E-state index in [2.05, 4.69) is 25.7 Å². The standard InChI is InChI=1S/C16H15ClN6O2/c1-18-16(24)25-14(11-6-2-3-7-12(11)17)10-23-21-15(20-22-23)13-8-4-5-9-19-13/h2-9,14H,10H2,1H3,(H,18,24). The first-order valence-corrected chi connectivity index (χ1v) is 7.87. The highest BCUT2D eigenvalue weighted by molar-refractivity contribution is 6.31. The summed E-state index contributed by atoms with van der Waals surface area (Å²) < 4.78 is 5.41. The predicted molar refractivity (Wildman–Crippen MR) is 90.8 cm³/mol. The number of aromatic nitrogens is 5. The molecule has 128 valence electrons. The van der Waals surface area contributed by atoms with E-state index in [1.807, 2.05) is 12.1 Å². The van der Waals surface area contributed by atoms with Gasteiger partial charge in [-0.1, -0.05) is 35.9 Å². The third-order valence-electron chi connectivity index (χ3n) is 3.38. The van der Waals surface area contributed by atoms with Gasteiger partial charge >= 0.3 is 6.09 Å². The molecule has 1 N–H and O–H groups in total. The molecule has 3 aromatic rings. The van der Waals surface area contributed by atoms with E-state index in [9.17, 15) is 4.79 Å². The summed E-state index contributed by atoms with van der Waals surface area (Å²) in [5.74, 6) is 0.387. The lowest BCUT2D eigenvalue weighted by Gasteiger charge is -2.18. The van der Waals surface area contributed by atoms with Crippen LogP contribution in [-0.4, -0.2) is 38.3 Å². The highest BCUT2D eigenvalue weighted by atomic mass is 35.5. The lowest BCUT2D eigenvalue weighted by Crippen LogP contribution is -2.25. The first-order chi connectivity index (χ1) is 12.2. The maximum absolute atomic E-state index is 11.7. The minimum Gasteiger partial charge on any atom is -0.439 e. The van der Waals surface area contributed by atoms with Crippen LogP contribution in [-0.2, 0) is 11.3 Å². The van der Waals surface area contributed by atoms with Gasteiger partial charge < -0.3 is 10.1 Å². The van der Waals surface area contributed by atoms with E-state index in [0.29, 0.717) is 22.1 Å². The van der Waals surface area contributed by atoms with Crippen LogP contribution in [0.4, 0.5) is 4.79 Å². The van der Waals surface area contributed by atoms with Crippen molar-refractivity contribution in [3.05, 3.63) is 59.2 Å². The second-order valence-corrected chi connectivity index (χ2v) is 5.46. The quantitative estimate of drug-likeness (QED) is 0.752. The molecule has 8 nitrogen and oxygen atoms in total. The van der Waals surface area contributed by atoms with Gasteiger partial charge in [0.25, 0.3) is 0 Å². The molecule has 0 fully saturated rings. The molecule has 0 spiro atoms. The second-order valence-electron chi connectivity index (χ2n) is 5.05. The molecule has 9 heteroatoms. The zero-order valence-electron chi connectivity index (χ0n) is 13.3. The molecule has 0 bridgehead atoms. The molecule has 0 aliphatic rings. The fourth-order valence-electron chi connectivity index (χ4n) is 2.19. The number of pyridine rings is 1. The molecule has 3 rings (SSSR count). The molecular formula is C16H15ClN6O2. The fourth-order valence-corrected chi connectivity index (χ4v) is 2.45. The topological polar surface area (TPSA) is 94.8 Å². The van der Waals surface area contributed by atoms with E-state index < -0.39 is 12.2 Å². The Labute approximate surface area is 148 Å². The van der Waals surface area contributed by atoms with E-state index in [1.54, 1.807) is 36.5 Å². The average Bonchev–Trinajstić information content (AvgIpc) is 3.11. The minimum absolute atomic E-state index is 0.164. The van der Waals surface area contributed by atoms with E-state index in [4.69, 9.17) is 16.3 Å². The highest BCUT2D eigenvalue weighted by Crippen LogP contribution is 2.26. The number of tetrazole rings is 1. The second kappa shape index (κ2) is 7.71. The summed E-state index contributed by atoms with van der Waals surface area (Å²) in [4.78, 5) is 17.2. The number of ether oxygens (including phenoxy) is 1. The summed E-state index contributed by atoms with van der Waals surface area (Å²) in [6.07, 6.45) is 0.409. The van der Waals surface area contributed by atoms with Crippen molar-refractivity contribution >= 4 is 17.7 Å². The Kier molecular flexibility index (Phi) is 5.20. The van der Waals surface area contributed by atoms with Crippen molar-refractivity contribution in [2.24, 2.45) is 0 Å². The van der Waals surface area contributed by atoms with Crippen molar-refractivity contribution in [2.45, 2.75) is 12.6 Å². The van der Waals surface area contributed by atoms with Gasteiger partial charge in [-0.05, 0) is 23.4 Å². The Morgan fingerprint density at radius 2 is 2.08 bits per heavy atom. The van der Waals surface area contributed by atoms with Crippen LogP contribution in [0, 0.1) is 0 Å². The van der Waals surface area contributed by atoms with Gasteiger partial charge in [0.05, 0.1) is 0 Å². The third kappa shape index (κ3) is 4.10. The number of hydrogen-bond donors (Lipinski definition) is 1. The number of carbonyl (C=O) groups excluding carboxylic acids is 1. The molecule has 2 aromatic heterocycles. The molecule has 1 amide bonds. The molecule has 0 radical (unpaired) electrons. The monoisotopic (exact) mass is 358 g/mol. The molecule has 2 heterocycles. The van der Waals surface area contributed by atoms with Crippen LogP contribution in [0.25, 0.3) is 11.5 Å². The molecule has 25 heavy (non-hydrogen) atoms. The molecule has 0 aliphatic carbocycles. The van der Waals surface area contributed by atoms with E-state index in [0.717, 1.165) is 0 Å². The predicted octanol–water partition coefficient (Wildman–Crippen LogP) is 2.49. The van der Waals surface area contributed by atoms with Gasteiger partial charge in [-0.15, -0.1) is 10.2 Å². The van der Waals surface area contributed by atoms with E-state index in [1.165, 1.54) is 11.8 Å². The largest absolute Gasteiger partial charge is 0.439 e. The van der Waals surface area contributed by atoms with Crippen LogP contribution in [0.5, 0.6) is 0 Å². The van der Waals surface area contributed by atoms with Gasteiger partial charge in [0.1, 0.15) is 12.2 Å². The third-order valence-corrected chi connectivity index (χ3v) is 3.73. The number of benzene rings is 1. The van der Waals surface area contributed by atoms with Crippen LogP contribution in [0.1, 0.15) is 11.7 Å². The summed E-state index contributed by atoms with van der Waals surface area (Å²) in [6, 6.07) is 12.6. The fraction of sp³-hybridized carbons (Fsp3) is 0.188. The molecular weight excluding hydrogens is 344 g/mol. The number of rotatable bonds is 5. The number of carbonyl (C=O) groups is 1. The number of halogens is 1. The zero-order chi connectivity index (χ0) is 17.6. The van der Waals surface area contributed by atoms with Crippen LogP contribution in [0.2, 0.25) is 5.02 Å². The van der Waals surface area contributed by atoms with Gasteiger partial charge in [0.15, 0.2) is 6.10 Å². The van der Waals surface area contributed by atoms with Crippen LogP contribution in [0.15, 0.2) is 48.7 Å². The Balaban J connectivity index is 1.84. The number of nitrogens with one attached hydrogen (secondary N) is 1. The highest BCUT2D eigenvalue weighted by Gasteiger charge is 2.21. The van der Waals surface area contributed by atoms with Crippen molar-refractivity contribution in [2.75, 3.05) is 7.05 Å². The lowest BCUT2D eigenvalue weighted by molar-refractivity contribution is 0.0837. The molecule has 1 aromatic carbocycles. The van der Waals surface area contributed by atoms with Crippen molar-refractivity contribution < 1.29 is 9.53 Å². The average molecular weight is 359 g/mol. The molecule has 0 saturated heterocycles. The molecule has 1 unspecified atom stereocenters. The number of nitrogens with zero attached hydrogens (tertiary/aromatic N) is 5. The van der Waals surface area contributed by atoms with Crippen molar-refractivity contribution in [1.82, 2.24) is 30.5 Å². The number of hydrogen-bond acceptors (Lipinski definition) is 6. The Morgan fingerprint density at radius 1 is 1.28 bits per heavy atom. The normalized spacial score (nSPS) is 11.8. The summed E-state index contributed by atoms with van der Waals surface area (Å²) in [6.45, 7) is 0.164. The molecule has 1 atom stereocenters. The minimum atomic E-state index is -0.667. The lowest BCUT2D eigenvalue weighted by atomic mass is 10.1. The Bertz CT molecular complexity index is 855. The van der Waals surface area contributed by atoms with Crippen LogP contribution >= 0.6 is 11.6 Å². The smallest absolute Gasteiger partial charge is 0.407 e. The summed E-state index contributed by atoms with van der Waals surface area (Å²) in [5, 5.41) is 15.2. The SMILES string of the molecule is CNC(=O)OC(Cn1nnc(-c2ccccn2)n1)c1ccccc1Cl. The Hall–Kier alpha value is -3.00. The van der Waals surface area contributed by atoms with Crippen LogP contribution in [0.3, 0.4) is 0 Å². The van der Waals surface area contributed by atoms with Crippen molar-refractivity contribution in [3.8, 4) is 11.5 Å². The summed E-state index contributed by atoms with van der Waals surface area (Å²) in [7, 11) is 1.49. The van der Waals surface area contributed by atoms with Crippen molar-refractivity contribution in [1.29, 1.82) is 0 Å². The van der Waals surface area contributed by atoms with Gasteiger partial charge in [-0.3, -0.25) is 4.98 Å². The van der Waals surface area contributed by atoms with Gasteiger partial charge in [0, 0.05) is 23.8 Å². The first-order valence-electron chi connectivity index (χ1n) is 7.49. The van der Waals surface area contributed by atoms with Gasteiger partial charge in [-0.2, -0.15) is 4.80 Å². The molecule has 0 aliphatic heterocycles. The van der Waals surface area contributed by atoms with E-state index in [-0.39, 0.29) is 6.54 Å². The summed E-state index contributed by atoms with van der Waals surface area (Å²) >= 11 is 6.23. The summed E-state index contributed by atoms with van der Waals surface area (Å²) in [5.41, 5.74) is 1.26. The maximum Gasteiger partial charge on any atom is 0.407 e. The van der Waals surface area contributed by atoms with Gasteiger partial charge in [0.2, 0.25) is 5.82 Å². The number of alkyl carbamates (subject to hydrolysis) is 1. The maximum atomic E-state index is 11.7. The number of amides is 1. The first kappa shape index (κ1) is 16.8. The molecule has 0 saturated carbocycles. The van der Waals surface area contributed by atoms with Crippen LogP contribution < -0.4 is 5.32 Å². The van der Waals surface area contributed by atoms with E-state index >= 15 is 0 Å². The Morgan fingerprint density at radius 3 is 2.80 bits per heavy atom. The zero-order valence-corrected chi connectivity index (χ0v) is 14.1. The van der Waals surface area contributed by atoms with Gasteiger partial charge in [-0.25, -0.2) is 4.79 Å².